The topological polar surface area (TPSA) is 54.0 Å². The molecule has 0 spiro atoms. The monoisotopic (exact) mass is 271 g/mol. The summed E-state index contributed by atoms with van der Waals surface area (Å²) in [6, 6.07) is 10.1. The van der Waals surface area contributed by atoms with E-state index in [9.17, 15) is 4.79 Å². The van der Waals surface area contributed by atoms with Crippen LogP contribution in [0.3, 0.4) is 0 Å². The molecule has 20 heavy (non-hydrogen) atoms. The van der Waals surface area contributed by atoms with Crippen molar-refractivity contribution < 1.29 is 4.79 Å². The largest absolute Gasteiger partial charge is 0.354 e. The predicted octanol–water partition coefficient (Wildman–Crippen LogP) is 1.89. The van der Waals surface area contributed by atoms with Crippen molar-refractivity contribution in [3.05, 3.63) is 42.1 Å². The van der Waals surface area contributed by atoms with Crippen LogP contribution in [-0.2, 0) is 11.2 Å². The second-order valence-corrected chi connectivity index (χ2v) is 5.37. The molecule has 0 aliphatic heterocycles. The number of aromatic nitrogens is 1. The first-order chi connectivity index (χ1) is 9.54. The van der Waals surface area contributed by atoms with E-state index in [2.05, 4.69) is 33.8 Å². The van der Waals surface area contributed by atoms with E-state index >= 15 is 0 Å². The van der Waals surface area contributed by atoms with E-state index < -0.39 is 5.54 Å². The highest BCUT2D eigenvalue weighted by Crippen LogP contribution is 2.16. The van der Waals surface area contributed by atoms with Crippen LogP contribution in [-0.4, -0.2) is 30.0 Å². The van der Waals surface area contributed by atoms with Gasteiger partial charge in [0.25, 0.3) is 0 Å². The van der Waals surface area contributed by atoms with Gasteiger partial charge in [0.2, 0.25) is 5.91 Å². The third-order valence-corrected chi connectivity index (χ3v) is 3.59. The zero-order chi connectivity index (χ0) is 14.6. The van der Waals surface area contributed by atoms with Gasteiger partial charge in [0, 0.05) is 18.1 Å². The Hall–Kier alpha value is -1.94. The summed E-state index contributed by atoms with van der Waals surface area (Å²) in [5.74, 6) is 0.00759. The fraction of sp³-hybridized carbons (Fsp3) is 0.375. The first-order valence-corrected chi connectivity index (χ1v) is 6.84. The lowest BCUT2D eigenvalue weighted by molar-refractivity contribution is -0.126. The van der Waals surface area contributed by atoms with Crippen LogP contribution in [0, 0.1) is 0 Å². The maximum absolute atomic E-state index is 12.0. The second-order valence-electron chi connectivity index (χ2n) is 5.37. The Balaban J connectivity index is 2.02. The molecule has 1 heterocycles. The minimum absolute atomic E-state index is 0.00759. The van der Waals surface area contributed by atoms with Gasteiger partial charge in [-0.1, -0.05) is 24.3 Å². The molecule has 0 fully saturated rings. The fourth-order valence-electron chi connectivity index (χ4n) is 2.01. The lowest BCUT2D eigenvalue weighted by Gasteiger charge is -2.22. The van der Waals surface area contributed by atoms with Crippen LogP contribution < -0.4 is 10.6 Å². The molecule has 2 N–H and O–H groups in total. The molecule has 0 aliphatic rings. The van der Waals surface area contributed by atoms with Gasteiger partial charge < -0.3 is 10.6 Å². The summed E-state index contributed by atoms with van der Waals surface area (Å²) in [5, 5.41) is 7.08. The van der Waals surface area contributed by atoms with Crippen LogP contribution in [0.2, 0.25) is 0 Å². The lowest BCUT2D eigenvalue weighted by Crippen LogP contribution is -2.51. The van der Waals surface area contributed by atoms with Gasteiger partial charge in [0.05, 0.1) is 11.1 Å². The standard InChI is InChI=1S/C16H21N3O/c1-16(2,17-3)15(20)19-11-9-13-7-4-6-12-8-5-10-18-14(12)13/h4-8,10,17H,9,11H2,1-3H3,(H,19,20). The van der Waals surface area contributed by atoms with Crippen molar-refractivity contribution in [1.29, 1.82) is 0 Å². The third-order valence-electron chi connectivity index (χ3n) is 3.59. The molecular formula is C16H21N3O. The Morgan fingerprint density at radius 2 is 2.00 bits per heavy atom. The number of nitrogens with one attached hydrogen (secondary N) is 2. The van der Waals surface area contributed by atoms with Gasteiger partial charge in [-0.15, -0.1) is 0 Å². The number of carbonyl (C=O) groups is 1. The molecule has 2 rings (SSSR count). The first kappa shape index (κ1) is 14.5. The van der Waals surface area contributed by atoms with Gasteiger partial charge >= 0.3 is 0 Å². The normalized spacial score (nSPS) is 11.6. The van der Waals surface area contributed by atoms with E-state index in [4.69, 9.17) is 0 Å². The smallest absolute Gasteiger partial charge is 0.239 e. The number of nitrogens with zero attached hydrogens (tertiary/aromatic N) is 1. The molecule has 0 unspecified atom stereocenters. The van der Waals surface area contributed by atoms with Gasteiger partial charge in [0.1, 0.15) is 0 Å². The number of pyridine rings is 1. The van der Waals surface area contributed by atoms with Gasteiger partial charge in [-0.25, -0.2) is 0 Å². The van der Waals surface area contributed by atoms with E-state index in [0.29, 0.717) is 6.54 Å². The number of benzene rings is 1. The molecule has 1 aromatic heterocycles. The van der Waals surface area contributed by atoms with Crippen molar-refractivity contribution >= 4 is 16.8 Å². The summed E-state index contributed by atoms with van der Waals surface area (Å²) in [4.78, 5) is 16.4. The molecular weight excluding hydrogens is 250 g/mol. The van der Waals surface area contributed by atoms with E-state index in [-0.39, 0.29) is 5.91 Å². The van der Waals surface area contributed by atoms with Crippen molar-refractivity contribution in [2.45, 2.75) is 25.8 Å². The third kappa shape index (κ3) is 3.14. The molecule has 0 bridgehead atoms. The summed E-state index contributed by atoms with van der Waals surface area (Å²) in [6.07, 6.45) is 2.58. The Labute approximate surface area is 119 Å². The van der Waals surface area contributed by atoms with E-state index in [1.807, 2.05) is 26.0 Å². The van der Waals surface area contributed by atoms with Crippen molar-refractivity contribution in [3.8, 4) is 0 Å². The fourth-order valence-corrected chi connectivity index (χ4v) is 2.01. The van der Waals surface area contributed by atoms with Gasteiger partial charge in [-0.2, -0.15) is 0 Å². The van der Waals surface area contributed by atoms with Gasteiger partial charge in [0.15, 0.2) is 0 Å². The minimum atomic E-state index is -0.545. The first-order valence-electron chi connectivity index (χ1n) is 6.84. The van der Waals surface area contributed by atoms with Crippen molar-refractivity contribution in [2.24, 2.45) is 0 Å². The lowest BCUT2D eigenvalue weighted by atomic mass is 10.0. The second kappa shape index (κ2) is 6.01. The summed E-state index contributed by atoms with van der Waals surface area (Å²) in [5.41, 5.74) is 1.62. The Bertz CT molecular complexity index is 602. The number of hydrogen-bond donors (Lipinski definition) is 2. The SMILES string of the molecule is CNC(C)(C)C(=O)NCCc1cccc2cccnc12. The molecule has 1 aromatic carbocycles. The predicted molar refractivity (Wildman–Crippen MR) is 81.6 cm³/mol. The highest BCUT2D eigenvalue weighted by atomic mass is 16.2. The number of rotatable bonds is 5. The highest BCUT2D eigenvalue weighted by Gasteiger charge is 2.24. The molecule has 0 saturated carbocycles. The number of para-hydroxylation sites is 1. The molecule has 106 valence electrons. The molecule has 0 radical (unpaired) electrons. The molecule has 4 heteroatoms. The number of likely N-dealkylation sites (N-methyl/N-ethyl adjacent to an activating group) is 1. The summed E-state index contributed by atoms with van der Waals surface area (Å²) < 4.78 is 0. The quantitative estimate of drug-likeness (QED) is 0.873. The van der Waals surface area contributed by atoms with Gasteiger partial charge in [-0.3, -0.25) is 9.78 Å². The Kier molecular flexibility index (Phi) is 4.35. The molecule has 0 saturated heterocycles. The average molecular weight is 271 g/mol. The van der Waals surface area contributed by atoms with Crippen molar-refractivity contribution in [2.75, 3.05) is 13.6 Å². The molecule has 0 aliphatic carbocycles. The highest BCUT2D eigenvalue weighted by molar-refractivity contribution is 5.85. The zero-order valence-electron chi connectivity index (χ0n) is 12.2. The van der Waals surface area contributed by atoms with Crippen molar-refractivity contribution in [3.63, 3.8) is 0 Å². The molecule has 4 nitrogen and oxygen atoms in total. The van der Waals surface area contributed by atoms with Gasteiger partial charge in [-0.05, 0) is 38.9 Å². The summed E-state index contributed by atoms with van der Waals surface area (Å²) in [7, 11) is 1.79. The minimum Gasteiger partial charge on any atom is -0.354 e. The Morgan fingerprint density at radius 1 is 1.25 bits per heavy atom. The van der Waals surface area contributed by atoms with Crippen LogP contribution in [0.15, 0.2) is 36.5 Å². The average Bonchev–Trinajstić information content (AvgIpc) is 2.47. The molecule has 1 amide bonds. The van der Waals surface area contributed by atoms with Crippen molar-refractivity contribution in [1.82, 2.24) is 15.6 Å². The van der Waals surface area contributed by atoms with E-state index in [1.54, 1.807) is 13.2 Å². The van der Waals surface area contributed by atoms with Crippen LogP contribution in [0.4, 0.5) is 0 Å². The molecule has 2 aromatic rings. The van der Waals surface area contributed by atoms with Crippen LogP contribution in [0.5, 0.6) is 0 Å². The van der Waals surface area contributed by atoms with Crippen LogP contribution in [0.25, 0.3) is 10.9 Å². The van der Waals surface area contributed by atoms with E-state index in [0.717, 1.165) is 22.9 Å². The maximum Gasteiger partial charge on any atom is 0.239 e. The summed E-state index contributed by atoms with van der Waals surface area (Å²) >= 11 is 0. The number of carbonyl (C=O) groups excluding carboxylic acids is 1. The van der Waals surface area contributed by atoms with E-state index in [1.165, 1.54) is 0 Å². The van der Waals surface area contributed by atoms with Crippen LogP contribution >= 0.6 is 0 Å². The Morgan fingerprint density at radius 3 is 2.75 bits per heavy atom. The number of fused-ring (bicyclic) bond motifs is 1. The number of hydrogen-bond acceptors (Lipinski definition) is 3. The maximum atomic E-state index is 12.0. The molecule has 0 atom stereocenters. The van der Waals surface area contributed by atoms with Crippen LogP contribution in [0.1, 0.15) is 19.4 Å². The number of amides is 1. The summed E-state index contributed by atoms with van der Waals surface area (Å²) in [6.45, 7) is 4.34. The zero-order valence-corrected chi connectivity index (χ0v) is 12.2.